The summed E-state index contributed by atoms with van der Waals surface area (Å²) in [5.74, 6) is 1.02. The topological polar surface area (TPSA) is 67.7 Å². The molecule has 2 fully saturated rings. The maximum absolute atomic E-state index is 11.8. The summed E-state index contributed by atoms with van der Waals surface area (Å²) < 4.78 is 10.6. The van der Waals surface area contributed by atoms with Crippen LogP contribution in [-0.4, -0.2) is 47.3 Å². The second kappa shape index (κ2) is 7.92. The number of aliphatic hydroxyl groups is 1. The molecule has 6 nitrogen and oxygen atoms in total. The quantitative estimate of drug-likeness (QED) is 0.836. The number of hydrogen-bond acceptors (Lipinski definition) is 6. The van der Waals surface area contributed by atoms with E-state index in [-0.39, 0.29) is 11.9 Å². The van der Waals surface area contributed by atoms with Crippen LogP contribution < -0.4 is 9.47 Å². The highest BCUT2D eigenvalue weighted by Gasteiger charge is 2.51. The molecular formula is C23H31N3O3. The first-order valence-electron chi connectivity index (χ1n) is 10.4. The average Bonchev–Trinajstić information content (AvgIpc) is 3.14. The van der Waals surface area contributed by atoms with Gasteiger partial charge in [-0.05, 0) is 55.7 Å². The molecule has 2 aliphatic rings. The fourth-order valence-corrected chi connectivity index (χ4v) is 5.14. The van der Waals surface area contributed by atoms with Gasteiger partial charge >= 0.3 is 6.01 Å². The summed E-state index contributed by atoms with van der Waals surface area (Å²) in [6.07, 6.45) is 4.52. The Bertz CT molecular complexity index is 888. The molecule has 1 aliphatic carbocycles. The van der Waals surface area contributed by atoms with Gasteiger partial charge < -0.3 is 14.6 Å². The van der Waals surface area contributed by atoms with E-state index in [2.05, 4.69) is 46.9 Å². The molecule has 4 rings (SSSR count). The van der Waals surface area contributed by atoms with Crippen molar-refractivity contribution in [2.24, 2.45) is 11.8 Å². The molecule has 1 aromatic heterocycles. The number of aryl methyl sites for hydroxylation is 2. The van der Waals surface area contributed by atoms with Gasteiger partial charge in [0.2, 0.25) is 5.88 Å². The molecule has 0 unspecified atom stereocenters. The number of ether oxygens (including phenoxy) is 2. The van der Waals surface area contributed by atoms with Crippen LogP contribution in [0.25, 0.3) is 0 Å². The Kier molecular flexibility index (Phi) is 5.49. The number of methoxy groups -OCH3 is 2. The number of nitrogens with zero attached hydrogens (tertiary/aromatic N) is 3. The van der Waals surface area contributed by atoms with Crippen molar-refractivity contribution in [2.45, 2.75) is 45.3 Å². The molecule has 1 saturated heterocycles. The summed E-state index contributed by atoms with van der Waals surface area (Å²) >= 11 is 0. The SMILES string of the molecule is COc1ncc([C@]2(O)CCC[C@@H]3CN(Cc4ccc(C)c(C)c4)C[C@@H]32)c(OC)n1. The Morgan fingerprint density at radius 2 is 2.00 bits per heavy atom. The lowest BCUT2D eigenvalue weighted by atomic mass is 9.68. The normalized spacial score (nSPS) is 26.9. The largest absolute Gasteiger partial charge is 0.481 e. The summed E-state index contributed by atoms with van der Waals surface area (Å²) in [6, 6.07) is 6.95. The van der Waals surface area contributed by atoms with E-state index >= 15 is 0 Å². The van der Waals surface area contributed by atoms with E-state index in [1.165, 1.54) is 23.8 Å². The molecule has 156 valence electrons. The first-order chi connectivity index (χ1) is 13.9. The van der Waals surface area contributed by atoms with Crippen LogP contribution in [0.5, 0.6) is 11.9 Å². The number of fused-ring (bicyclic) bond motifs is 1. The highest BCUT2D eigenvalue weighted by Crippen LogP contribution is 2.50. The molecule has 1 saturated carbocycles. The third-order valence-electron chi connectivity index (χ3n) is 6.81. The van der Waals surface area contributed by atoms with Gasteiger partial charge in [-0.2, -0.15) is 4.98 Å². The number of hydrogen-bond donors (Lipinski definition) is 1. The second-order valence-electron chi connectivity index (χ2n) is 8.58. The number of likely N-dealkylation sites (tertiary alicyclic amines) is 1. The Labute approximate surface area is 172 Å². The van der Waals surface area contributed by atoms with E-state index in [0.717, 1.165) is 32.5 Å². The van der Waals surface area contributed by atoms with Crippen molar-refractivity contribution in [3.05, 3.63) is 46.6 Å². The maximum Gasteiger partial charge on any atom is 0.319 e. The monoisotopic (exact) mass is 397 g/mol. The predicted octanol–water partition coefficient (Wildman–Crippen LogP) is 3.23. The van der Waals surface area contributed by atoms with Crippen LogP contribution in [-0.2, 0) is 12.1 Å². The molecule has 0 bridgehead atoms. The average molecular weight is 398 g/mol. The van der Waals surface area contributed by atoms with Gasteiger partial charge in [0, 0.05) is 31.7 Å². The van der Waals surface area contributed by atoms with Crippen molar-refractivity contribution in [1.82, 2.24) is 14.9 Å². The van der Waals surface area contributed by atoms with Crippen molar-refractivity contribution in [3.63, 3.8) is 0 Å². The number of benzene rings is 1. The predicted molar refractivity (Wildman–Crippen MR) is 111 cm³/mol. The lowest BCUT2D eigenvalue weighted by Gasteiger charge is -2.41. The van der Waals surface area contributed by atoms with E-state index in [0.29, 0.717) is 23.8 Å². The van der Waals surface area contributed by atoms with Crippen LogP contribution in [0.1, 0.15) is 41.5 Å². The molecule has 1 N–H and O–H groups in total. The van der Waals surface area contributed by atoms with Gasteiger partial charge in [0.25, 0.3) is 0 Å². The van der Waals surface area contributed by atoms with Crippen LogP contribution in [0.2, 0.25) is 0 Å². The first-order valence-corrected chi connectivity index (χ1v) is 10.4. The third kappa shape index (κ3) is 3.71. The minimum absolute atomic E-state index is 0.147. The van der Waals surface area contributed by atoms with Crippen molar-refractivity contribution < 1.29 is 14.6 Å². The van der Waals surface area contributed by atoms with E-state index in [1.54, 1.807) is 13.3 Å². The fraction of sp³-hybridized carbons (Fsp3) is 0.565. The van der Waals surface area contributed by atoms with Gasteiger partial charge in [-0.3, -0.25) is 4.90 Å². The standard InChI is InChI=1S/C23H31N3O3/c1-15-7-8-17(10-16(15)2)12-26-13-18-6-5-9-23(27,20(18)14-26)19-11-24-22(29-4)25-21(19)28-3/h7-8,10-11,18,20,27H,5-6,9,12-14H2,1-4H3/t18-,20+,23-/m1/s1. The summed E-state index contributed by atoms with van der Waals surface area (Å²) in [6.45, 7) is 7.11. The summed E-state index contributed by atoms with van der Waals surface area (Å²) in [5, 5.41) is 11.8. The zero-order chi connectivity index (χ0) is 20.6. The Morgan fingerprint density at radius 3 is 2.72 bits per heavy atom. The minimum atomic E-state index is -0.974. The van der Waals surface area contributed by atoms with Gasteiger partial charge in [0.1, 0.15) is 5.60 Å². The molecule has 3 atom stereocenters. The molecular weight excluding hydrogens is 366 g/mol. The molecule has 0 amide bonds. The third-order valence-corrected chi connectivity index (χ3v) is 6.81. The van der Waals surface area contributed by atoms with Crippen LogP contribution in [0.15, 0.2) is 24.4 Å². The van der Waals surface area contributed by atoms with E-state index in [4.69, 9.17) is 9.47 Å². The Morgan fingerprint density at radius 1 is 1.17 bits per heavy atom. The van der Waals surface area contributed by atoms with Crippen LogP contribution in [0, 0.1) is 25.7 Å². The molecule has 1 aliphatic heterocycles. The van der Waals surface area contributed by atoms with Gasteiger partial charge in [-0.15, -0.1) is 0 Å². The zero-order valence-corrected chi connectivity index (χ0v) is 17.8. The molecule has 1 aromatic carbocycles. The van der Waals surface area contributed by atoms with Crippen LogP contribution in [0.3, 0.4) is 0 Å². The molecule has 29 heavy (non-hydrogen) atoms. The fourth-order valence-electron chi connectivity index (χ4n) is 5.14. The van der Waals surface area contributed by atoms with Crippen molar-refractivity contribution >= 4 is 0 Å². The second-order valence-corrected chi connectivity index (χ2v) is 8.58. The van der Waals surface area contributed by atoms with Gasteiger partial charge in [-0.1, -0.05) is 18.2 Å². The minimum Gasteiger partial charge on any atom is -0.481 e. The van der Waals surface area contributed by atoms with Gasteiger partial charge in [0.15, 0.2) is 0 Å². The van der Waals surface area contributed by atoms with Crippen molar-refractivity contribution in [2.75, 3.05) is 27.3 Å². The van der Waals surface area contributed by atoms with Crippen LogP contribution in [0.4, 0.5) is 0 Å². The molecule has 0 radical (unpaired) electrons. The Hall–Kier alpha value is -2.18. The summed E-state index contributed by atoms with van der Waals surface area (Å²) in [7, 11) is 3.11. The van der Waals surface area contributed by atoms with Gasteiger partial charge in [0.05, 0.1) is 19.8 Å². The van der Waals surface area contributed by atoms with E-state index < -0.39 is 5.60 Å². The summed E-state index contributed by atoms with van der Waals surface area (Å²) in [4.78, 5) is 11.1. The smallest absolute Gasteiger partial charge is 0.319 e. The lowest BCUT2D eigenvalue weighted by Crippen LogP contribution is -2.43. The van der Waals surface area contributed by atoms with Crippen molar-refractivity contribution in [3.8, 4) is 11.9 Å². The van der Waals surface area contributed by atoms with Crippen LogP contribution >= 0.6 is 0 Å². The highest BCUT2D eigenvalue weighted by atomic mass is 16.5. The molecule has 0 spiro atoms. The zero-order valence-electron chi connectivity index (χ0n) is 17.8. The molecule has 2 heterocycles. The van der Waals surface area contributed by atoms with E-state index in [1.807, 2.05) is 0 Å². The molecule has 2 aromatic rings. The summed E-state index contributed by atoms with van der Waals surface area (Å²) in [5.41, 5.74) is 3.70. The number of rotatable bonds is 5. The highest BCUT2D eigenvalue weighted by molar-refractivity contribution is 5.34. The number of aromatic nitrogens is 2. The molecule has 6 heteroatoms. The van der Waals surface area contributed by atoms with Gasteiger partial charge in [-0.25, -0.2) is 4.98 Å². The van der Waals surface area contributed by atoms with Crippen molar-refractivity contribution in [1.29, 1.82) is 0 Å². The first kappa shape index (κ1) is 20.1. The Balaban J connectivity index is 1.58. The van der Waals surface area contributed by atoms with E-state index in [9.17, 15) is 5.11 Å². The lowest BCUT2D eigenvalue weighted by molar-refractivity contribution is -0.0669. The maximum atomic E-state index is 11.8.